The van der Waals surface area contributed by atoms with Crippen LogP contribution in [0.4, 0.5) is 11.6 Å². The Morgan fingerprint density at radius 1 is 1.04 bits per heavy atom. The Labute approximate surface area is 134 Å². The first kappa shape index (κ1) is 14.2. The second kappa shape index (κ2) is 5.33. The third kappa shape index (κ3) is 2.46. The highest BCUT2D eigenvalue weighted by Crippen LogP contribution is 2.34. The molecule has 2 unspecified atom stereocenters. The van der Waals surface area contributed by atoms with Gasteiger partial charge in [-0.2, -0.15) is 0 Å². The van der Waals surface area contributed by atoms with Gasteiger partial charge in [0.1, 0.15) is 12.1 Å². The van der Waals surface area contributed by atoms with Gasteiger partial charge in [-0.3, -0.25) is 4.79 Å². The number of anilines is 2. The van der Waals surface area contributed by atoms with Crippen molar-refractivity contribution in [3.8, 4) is 0 Å². The lowest BCUT2D eigenvalue weighted by Crippen LogP contribution is -2.34. The summed E-state index contributed by atoms with van der Waals surface area (Å²) in [6, 6.07) is 2.04. The van der Waals surface area contributed by atoms with E-state index in [-0.39, 0.29) is 5.56 Å². The third-order valence-electron chi connectivity index (χ3n) is 4.90. The Bertz CT molecular complexity index is 774. The third-order valence-corrected chi connectivity index (χ3v) is 4.90. The Kier molecular flexibility index (Phi) is 3.28. The predicted molar refractivity (Wildman–Crippen MR) is 87.7 cm³/mol. The first-order chi connectivity index (χ1) is 11.1. The summed E-state index contributed by atoms with van der Waals surface area (Å²) in [5, 5.41) is 0. The second-order valence-electron chi connectivity index (χ2n) is 6.51. The fraction of sp³-hybridized carbons (Fsp3) is 0.500. The van der Waals surface area contributed by atoms with E-state index in [0.717, 1.165) is 37.7 Å². The van der Waals surface area contributed by atoms with Crippen molar-refractivity contribution in [2.75, 3.05) is 36.0 Å². The molecular formula is C16H20N6O. The van der Waals surface area contributed by atoms with Crippen molar-refractivity contribution >= 4 is 11.6 Å². The molecule has 23 heavy (non-hydrogen) atoms. The normalized spacial score (nSPS) is 23.4. The van der Waals surface area contributed by atoms with E-state index < -0.39 is 0 Å². The molecule has 0 amide bonds. The quantitative estimate of drug-likeness (QED) is 0.802. The molecule has 2 aliphatic heterocycles. The van der Waals surface area contributed by atoms with Crippen molar-refractivity contribution in [1.29, 1.82) is 0 Å². The maximum Gasteiger partial charge on any atom is 0.293 e. The summed E-state index contributed by atoms with van der Waals surface area (Å²) in [6.45, 7) is 5.71. The van der Waals surface area contributed by atoms with Crippen molar-refractivity contribution in [3.05, 3.63) is 40.8 Å². The largest absolute Gasteiger partial charge is 0.356 e. The molecule has 4 heterocycles. The molecule has 0 N–H and O–H groups in total. The standard InChI is InChI=1S/C16H20N6O/c1-11-5-14(19-10-18-11)21-6-12-8-22(9-13(12)7-21)15-16(23)20(2)4-3-17-15/h3-5,10,12-13H,6-9H2,1-2H3. The molecule has 4 rings (SSSR count). The molecular weight excluding hydrogens is 292 g/mol. The summed E-state index contributed by atoms with van der Waals surface area (Å²) in [6.07, 6.45) is 5.02. The highest BCUT2D eigenvalue weighted by Gasteiger charge is 2.41. The maximum absolute atomic E-state index is 12.2. The Morgan fingerprint density at radius 3 is 2.43 bits per heavy atom. The van der Waals surface area contributed by atoms with Gasteiger partial charge < -0.3 is 14.4 Å². The van der Waals surface area contributed by atoms with E-state index in [4.69, 9.17) is 0 Å². The van der Waals surface area contributed by atoms with Crippen LogP contribution in [0.3, 0.4) is 0 Å². The molecule has 2 saturated heterocycles. The maximum atomic E-state index is 12.2. The number of fused-ring (bicyclic) bond motifs is 1. The first-order valence-corrected chi connectivity index (χ1v) is 7.92. The average Bonchev–Trinajstić information content (AvgIpc) is 3.08. The molecule has 0 saturated carbocycles. The second-order valence-corrected chi connectivity index (χ2v) is 6.51. The van der Waals surface area contributed by atoms with Crippen LogP contribution in [0, 0.1) is 18.8 Å². The lowest BCUT2D eigenvalue weighted by molar-refractivity contribution is 0.533. The van der Waals surface area contributed by atoms with E-state index in [1.165, 1.54) is 0 Å². The molecule has 2 aromatic heterocycles. The Morgan fingerprint density at radius 2 is 1.74 bits per heavy atom. The summed E-state index contributed by atoms with van der Waals surface area (Å²) in [7, 11) is 1.77. The molecule has 7 nitrogen and oxygen atoms in total. The number of rotatable bonds is 2. The lowest BCUT2D eigenvalue weighted by atomic mass is 10.0. The van der Waals surface area contributed by atoms with E-state index in [0.29, 0.717) is 17.7 Å². The van der Waals surface area contributed by atoms with Crippen molar-refractivity contribution in [2.45, 2.75) is 6.92 Å². The van der Waals surface area contributed by atoms with Crippen LogP contribution < -0.4 is 15.4 Å². The van der Waals surface area contributed by atoms with Crippen LogP contribution in [-0.2, 0) is 7.05 Å². The van der Waals surface area contributed by atoms with Gasteiger partial charge in [-0.1, -0.05) is 0 Å². The van der Waals surface area contributed by atoms with Gasteiger partial charge in [-0.05, 0) is 6.92 Å². The van der Waals surface area contributed by atoms with Crippen molar-refractivity contribution in [2.24, 2.45) is 18.9 Å². The van der Waals surface area contributed by atoms with E-state index >= 15 is 0 Å². The monoisotopic (exact) mass is 312 g/mol. The molecule has 0 radical (unpaired) electrons. The van der Waals surface area contributed by atoms with Crippen LogP contribution in [0.5, 0.6) is 0 Å². The van der Waals surface area contributed by atoms with Gasteiger partial charge in [0, 0.05) is 69.2 Å². The van der Waals surface area contributed by atoms with Crippen molar-refractivity contribution < 1.29 is 0 Å². The molecule has 120 valence electrons. The highest BCUT2D eigenvalue weighted by atomic mass is 16.1. The minimum atomic E-state index is -0.0178. The summed E-state index contributed by atoms with van der Waals surface area (Å²) < 4.78 is 1.59. The van der Waals surface area contributed by atoms with E-state index in [2.05, 4.69) is 24.8 Å². The molecule has 0 bridgehead atoms. The van der Waals surface area contributed by atoms with Gasteiger partial charge in [0.25, 0.3) is 5.56 Å². The van der Waals surface area contributed by atoms with Crippen LogP contribution in [0.2, 0.25) is 0 Å². The molecule has 2 atom stereocenters. The SMILES string of the molecule is Cc1cc(N2CC3CN(c4nccn(C)c4=O)CC3C2)ncn1. The van der Waals surface area contributed by atoms with Gasteiger partial charge in [0.15, 0.2) is 5.82 Å². The Balaban J connectivity index is 1.50. The van der Waals surface area contributed by atoms with Gasteiger partial charge in [0.2, 0.25) is 0 Å². The van der Waals surface area contributed by atoms with Gasteiger partial charge >= 0.3 is 0 Å². The van der Waals surface area contributed by atoms with E-state index in [1.54, 1.807) is 30.3 Å². The number of aryl methyl sites for hydroxylation is 2. The molecule has 0 aromatic carbocycles. The molecule has 7 heteroatoms. The number of nitrogens with zero attached hydrogens (tertiary/aromatic N) is 6. The van der Waals surface area contributed by atoms with Gasteiger partial charge in [-0.15, -0.1) is 0 Å². The van der Waals surface area contributed by atoms with Crippen LogP contribution >= 0.6 is 0 Å². The lowest BCUT2D eigenvalue weighted by Gasteiger charge is -2.22. The summed E-state index contributed by atoms with van der Waals surface area (Å²) in [4.78, 5) is 29.5. The zero-order valence-electron chi connectivity index (χ0n) is 13.4. The van der Waals surface area contributed by atoms with Crippen LogP contribution in [-0.4, -0.2) is 45.7 Å². The average molecular weight is 312 g/mol. The molecule has 2 aromatic rings. The van der Waals surface area contributed by atoms with E-state index in [9.17, 15) is 4.79 Å². The summed E-state index contributed by atoms with van der Waals surface area (Å²) in [5.74, 6) is 2.69. The first-order valence-electron chi connectivity index (χ1n) is 7.92. The van der Waals surface area contributed by atoms with Crippen molar-refractivity contribution in [3.63, 3.8) is 0 Å². The molecule has 2 fully saturated rings. The summed E-state index contributed by atoms with van der Waals surface area (Å²) in [5.41, 5.74) is 0.974. The van der Waals surface area contributed by atoms with Gasteiger partial charge in [0.05, 0.1) is 0 Å². The Hall–Kier alpha value is -2.44. The minimum absolute atomic E-state index is 0.0178. The van der Waals surface area contributed by atoms with Crippen LogP contribution in [0.1, 0.15) is 5.69 Å². The minimum Gasteiger partial charge on any atom is -0.356 e. The zero-order chi connectivity index (χ0) is 16.0. The number of hydrogen-bond donors (Lipinski definition) is 0. The summed E-state index contributed by atoms with van der Waals surface area (Å²) >= 11 is 0. The van der Waals surface area contributed by atoms with Gasteiger partial charge in [-0.25, -0.2) is 15.0 Å². The highest BCUT2D eigenvalue weighted by molar-refractivity contribution is 5.44. The van der Waals surface area contributed by atoms with Crippen molar-refractivity contribution in [1.82, 2.24) is 19.5 Å². The van der Waals surface area contributed by atoms with E-state index in [1.807, 2.05) is 13.0 Å². The smallest absolute Gasteiger partial charge is 0.293 e. The predicted octanol–water partition coefficient (Wildman–Crippen LogP) is 0.451. The number of aromatic nitrogens is 4. The molecule has 0 aliphatic carbocycles. The topological polar surface area (TPSA) is 67.2 Å². The van der Waals surface area contributed by atoms with Crippen LogP contribution in [0.25, 0.3) is 0 Å². The zero-order valence-corrected chi connectivity index (χ0v) is 13.4. The fourth-order valence-electron chi connectivity index (χ4n) is 3.67. The fourth-order valence-corrected chi connectivity index (χ4v) is 3.67. The molecule has 2 aliphatic rings. The van der Waals surface area contributed by atoms with Crippen LogP contribution in [0.15, 0.2) is 29.6 Å². The molecule has 0 spiro atoms. The number of hydrogen-bond acceptors (Lipinski definition) is 6.